The van der Waals surface area contributed by atoms with Crippen LogP contribution in [0.15, 0.2) is 36.7 Å². The summed E-state index contributed by atoms with van der Waals surface area (Å²) in [5, 5.41) is 6.92. The van der Waals surface area contributed by atoms with Gasteiger partial charge >= 0.3 is 6.03 Å². The van der Waals surface area contributed by atoms with Crippen molar-refractivity contribution >= 4 is 11.7 Å². The first-order valence-corrected chi connectivity index (χ1v) is 9.14. The van der Waals surface area contributed by atoms with Gasteiger partial charge in [0, 0.05) is 23.4 Å². The molecule has 0 spiro atoms. The maximum atomic E-state index is 13.8. The zero-order chi connectivity index (χ0) is 21.4. The molecule has 1 aliphatic heterocycles. The van der Waals surface area contributed by atoms with Crippen LogP contribution < -0.4 is 10.1 Å². The van der Waals surface area contributed by atoms with Crippen molar-refractivity contribution in [2.24, 2.45) is 0 Å². The number of rotatable bonds is 3. The van der Waals surface area contributed by atoms with E-state index in [0.29, 0.717) is 17.8 Å². The van der Waals surface area contributed by atoms with Gasteiger partial charge in [-0.3, -0.25) is 9.67 Å². The molecule has 1 unspecified atom stereocenters. The number of aromatic nitrogens is 3. The second-order valence-electron chi connectivity index (χ2n) is 6.93. The molecule has 10 heteroatoms. The van der Waals surface area contributed by atoms with Crippen LogP contribution >= 0.6 is 0 Å². The average Bonchev–Trinajstić information content (AvgIpc) is 3.13. The fraction of sp³-hybridized carbons (Fsp3) is 0.250. The minimum Gasteiger partial charge on any atom is -0.493 e. The van der Waals surface area contributed by atoms with Crippen molar-refractivity contribution in [3.63, 3.8) is 0 Å². The molecule has 1 aliphatic rings. The van der Waals surface area contributed by atoms with E-state index in [1.54, 1.807) is 21.8 Å². The molecule has 3 heterocycles. The number of urea groups is 1. The van der Waals surface area contributed by atoms with Gasteiger partial charge in [0.15, 0.2) is 11.6 Å². The van der Waals surface area contributed by atoms with Gasteiger partial charge in [-0.05, 0) is 19.1 Å². The first kappa shape index (κ1) is 19.7. The number of carbonyl (C=O) groups excluding carboxylic acids is 1. The van der Waals surface area contributed by atoms with Gasteiger partial charge in [-0.15, -0.1) is 0 Å². The molecule has 1 atom stereocenters. The number of amides is 2. The maximum Gasteiger partial charge on any atom is 0.322 e. The van der Waals surface area contributed by atoms with Crippen LogP contribution in [0.4, 0.5) is 23.7 Å². The molecule has 4 rings (SSSR count). The lowest BCUT2D eigenvalue weighted by Gasteiger charge is -2.34. The van der Waals surface area contributed by atoms with Crippen molar-refractivity contribution < 1.29 is 22.7 Å². The Bertz CT molecular complexity index is 1100. The minimum atomic E-state index is -1.13. The summed E-state index contributed by atoms with van der Waals surface area (Å²) in [5.74, 6) is -3.00. The summed E-state index contributed by atoms with van der Waals surface area (Å²) < 4.78 is 47.2. The third kappa shape index (κ3) is 3.56. The predicted octanol–water partition coefficient (Wildman–Crippen LogP) is 3.81. The SMILES string of the molecule is COc1cc(NC(=O)N2Cc3c(-c4ccc(F)cn4)cnn3CC2C)cc(F)c1F. The van der Waals surface area contributed by atoms with E-state index >= 15 is 0 Å². The van der Waals surface area contributed by atoms with E-state index in [0.717, 1.165) is 18.0 Å². The number of nitrogens with zero attached hydrogens (tertiary/aromatic N) is 4. The fourth-order valence-corrected chi connectivity index (χ4v) is 3.40. The number of fused-ring (bicyclic) bond motifs is 1. The molecule has 30 heavy (non-hydrogen) atoms. The normalized spacial score (nSPS) is 15.6. The first-order valence-electron chi connectivity index (χ1n) is 9.14. The van der Waals surface area contributed by atoms with Gasteiger partial charge in [0.1, 0.15) is 5.82 Å². The van der Waals surface area contributed by atoms with Crippen molar-refractivity contribution in [1.29, 1.82) is 0 Å². The number of ether oxygens (including phenoxy) is 1. The standard InChI is InChI=1S/C20H18F3N5O2/c1-11-9-28-17(14(8-25-28)16-4-3-12(21)7-24-16)10-27(11)20(29)26-13-5-15(22)19(23)18(6-13)30-2/h3-8,11H,9-10H2,1-2H3,(H,26,29). The van der Waals surface area contributed by atoms with E-state index in [1.165, 1.54) is 19.2 Å². The minimum absolute atomic E-state index is 0.0717. The van der Waals surface area contributed by atoms with E-state index in [9.17, 15) is 18.0 Å². The molecule has 0 fully saturated rings. The zero-order valence-electron chi connectivity index (χ0n) is 16.2. The smallest absolute Gasteiger partial charge is 0.322 e. The van der Waals surface area contributed by atoms with Gasteiger partial charge < -0.3 is 15.0 Å². The predicted molar refractivity (Wildman–Crippen MR) is 102 cm³/mol. The highest BCUT2D eigenvalue weighted by atomic mass is 19.2. The summed E-state index contributed by atoms with van der Waals surface area (Å²) in [7, 11) is 1.21. The van der Waals surface area contributed by atoms with Crippen LogP contribution in [0.3, 0.4) is 0 Å². The number of nitrogens with one attached hydrogen (secondary N) is 1. The van der Waals surface area contributed by atoms with Crippen LogP contribution in [0.1, 0.15) is 12.6 Å². The summed E-state index contributed by atoms with van der Waals surface area (Å²) in [6, 6.07) is 4.26. The zero-order valence-corrected chi connectivity index (χ0v) is 16.2. The largest absolute Gasteiger partial charge is 0.493 e. The number of hydrogen-bond acceptors (Lipinski definition) is 4. The molecule has 156 valence electrons. The monoisotopic (exact) mass is 417 g/mol. The van der Waals surface area contributed by atoms with E-state index in [2.05, 4.69) is 15.4 Å². The molecule has 0 bridgehead atoms. The average molecular weight is 417 g/mol. The Labute approximate surface area is 170 Å². The van der Waals surface area contributed by atoms with Crippen molar-refractivity contribution in [3.05, 3.63) is 59.8 Å². The van der Waals surface area contributed by atoms with Gasteiger partial charge in [-0.25, -0.2) is 13.6 Å². The summed E-state index contributed by atoms with van der Waals surface area (Å²) >= 11 is 0. The Hall–Kier alpha value is -3.56. The number of benzene rings is 1. The second kappa shape index (κ2) is 7.69. The van der Waals surface area contributed by atoms with Crippen molar-refractivity contribution in [1.82, 2.24) is 19.7 Å². The molecule has 1 aromatic carbocycles. The van der Waals surface area contributed by atoms with Crippen LogP contribution in [-0.2, 0) is 13.1 Å². The van der Waals surface area contributed by atoms with E-state index in [-0.39, 0.29) is 24.0 Å². The third-order valence-corrected chi connectivity index (χ3v) is 4.97. The number of carbonyl (C=O) groups is 1. The Morgan fingerprint density at radius 1 is 1.23 bits per heavy atom. The highest BCUT2D eigenvalue weighted by Gasteiger charge is 2.30. The van der Waals surface area contributed by atoms with Crippen LogP contribution in [0.5, 0.6) is 5.75 Å². The Morgan fingerprint density at radius 3 is 2.73 bits per heavy atom. The number of pyridine rings is 1. The molecular weight excluding hydrogens is 399 g/mol. The fourth-order valence-electron chi connectivity index (χ4n) is 3.40. The van der Waals surface area contributed by atoms with E-state index < -0.39 is 23.5 Å². The molecule has 2 amide bonds. The summed E-state index contributed by atoms with van der Waals surface area (Å²) in [5.41, 5.74) is 2.04. The van der Waals surface area contributed by atoms with Crippen LogP contribution in [0, 0.1) is 17.5 Å². The van der Waals surface area contributed by atoms with Gasteiger partial charge in [-0.1, -0.05) is 0 Å². The molecule has 0 saturated carbocycles. The molecule has 3 aromatic rings. The lowest BCUT2D eigenvalue weighted by molar-refractivity contribution is 0.161. The quantitative estimate of drug-likeness (QED) is 0.704. The molecule has 0 aliphatic carbocycles. The summed E-state index contributed by atoms with van der Waals surface area (Å²) in [4.78, 5) is 18.5. The van der Waals surface area contributed by atoms with Gasteiger partial charge in [0.05, 0.1) is 50.0 Å². The lowest BCUT2D eigenvalue weighted by atomic mass is 10.1. The van der Waals surface area contributed by atoms with Gasteiger partial charge in [-0.2, -0.15) is 9.49 Å². The Balaban J connectivity index is 1.58. The number of hydrogen-bond donors (Lipinski definition) is 1. The third-order valence-electron chi connectivity index (χ3n) is 4.97. The molecule has 1 N–H and O–H groups in total. The maximum absolute atomic E-state index is 13.8. The van der Waals surface area contributed by atoms with Gasteiger partial charge in [0.2, 0.25) is 5.82 Å². The topological polar surface area (TPSA) is 72.3 Å². The van der Waals surface area contributed by atoms with Crippen molar-refractivity contribution in [3.8, 4) is 17.0 Å². The summed E-state index contributed by atoms with van der Waals surface area (Å²) in [6.07, 6.45) is 2.75. The van der Waals surface area contributed by atoms with E-state index in [1.807, 2.05) is 6.92 Å². The second-order valence-corrected chi connectivity index (χ2v) is 6.93. The first-order chi connectivity index (χ1) is 14.4. The van der Waals surface area contributed by atoms with Crippen LogP contribution in [0.2, 0.25) is 0 Å². The molecule has 0 saturated heterocycles. The van der Waals surface area contributed by atoms with Gasteiger partial charge in [0.25, 0.3) is 0 Å². The molecule has 2 aromatic heterocycles. The molecule has 0 radical (unpaired) electrons. The number of anilines is 1. The number of methoxy groups -OCH3 is 1. The van der Waals surface area contributed by atoms with E-state index in [4.69, 9.17) is 4.74 Å². The van der Waals surface area contributed by atoms with Crippen LogP contribution in [0.25, 0.3) is 11.3 Å². The van der Waals surface area contributed by atoms with Crippen LogP contribution in [-0.4, -0.2) is 38.8 Å². The Morgan fingerprint density at radius 2 is 2.03 bits per heavy atom. The highest BCUT2D eigenvalue weighted by molar-refractivity contribution is 5.90. The molecular formula is C20H18F3N5O2. The van der Waals surface area contributed by atoms with Crippen molar-refractivity contribution in [2.45, 2.75) is 26.1 Å². The Kier molecular flexibility index (Phi) is 5.06. The van der Waals surface area contributed by atoms with Crippen molar-refractivity contribution in [2.75, 3.05) is 12.4 Å². The lowest BCUT2D eigenvalue weighted by Crippen LogP contribution is -2.47. The summed E-state index contributed by atoms with van der Waals surface area (Å²) in [6.45, 7) is 2.50. The molecule has 7 nitrogen and oxygen atoms in total. The number of halogens is 3. The highest BCUT2D eigenvalue weighted by Crippen LogP contribution is 2.29.